The fourth-order valence-corrected chi connectivity index (χ4v) is 6.44. The van der Waals surface area contributed by atoms with Crippen molar-refractivity contribution in [2.75, 3.05) is 0 Å². The lowest BCUT2D eigenvalue weighted by molar-refractivity contribution is 0.117. The average Bonchev–Trinajstić information content (AvgIpc) is 2.72. The monoisotopic (exact) mass is 393 g/mol. The van der Waals surface area contributed by atoms with Crippen molar-refractivity contribution in [1.82, 2.24) is 0 Å². The molecule has 1 nitrogen and oxygen atoms in total. The van der Waals surface area contributed by atoms with Gasteiger partial charge < -0.3 is 5.73 Å². The first kappa shape index (κ1) is 20.3. The SMILES string of the molecule is NC1CCC(C2CCC(C3CCC(c4cc(F)c(F)c(F)c4)CC3)CC2)CC1. The van der Waals surface area contributed by atoms with Crippen LogP contribution in [0.3, 0.4) is 0 Å². The molecule has 0 spiro atoms. The Labute approximate surface area is 167 Å². The van der Waals surface area contributed by atoms with Gasteiger partial charge in [0.1, 0.15) is 0 Å². The van der Waals surface area contributed by atoms with Crippen LogP contribution in [0.25, 0.3) is 0 Å². The normalized spacial score (nSPS) is 37.0. The first-order chi connectivity index (χ1) is 13.5. The fourth-order valence-electron chi connectivity index (χ4n) is 6.44. The van der Waals surface area contributed by atoms with Crippen LogP contribution in [0.5, 0.6) is 0 Å². The molecule has 0 heterocycles. The summed E-state index contributed by atoms with van der Waals surface area (Å²) in [5.74, 6) is 0.0953. The molecule has 0 aromatic heterocycles. The van der Waals surface area contributed by atoms with E-state index in [4.69, 9.17) is 5.73 Å². The highest BCUT2D eigenvalue weighted by molar-refractivity contribution is 5.23. The molecule has 1 aromatic carbocycles. The van der Waals surface area contributed by atoms with E-state index in [-0.39, 0.29) is 5.92 Å². The lowest BCUT2D eigenvalue weighted by atomic mass is 9.65. The van der Waals surface area contributed by atoms with Gasteiger partial charge in [-0.2, -0.15) is 0 Å². The summed E-state index contributed by atoms with van der Waals surface area (Å²) in [5, 5.41) is 0. The molecular weight excluding hydrogens is 359 g/mol. The Bertz CT molecular complexity index is 629. The molecule has 3 aliphatic carbocycles. The van der Waals surface area contributed by atoms with Crippen molar-refractivity contribution in [3.63, 3.8) is 0 Å². The summed E-state index contributed by atoms with van der Waals surface area (Å²) in [6, 6.07) is 2.83. The number of nitrogens with two attached hydrogens (primary N) is 1. The van der Waals surface area contributed by atoms with Crippen LogP contribution in [0.2, 0.25) is 0 Å². The van der Waals surface area contributed by atoms with Crippen LogP contribution in [-0.4, -0.2) is 6.04 Å². The largest absolute Gasteiger partial charge is 0.328 e. The number of hydrogen-bond acceptors (Lipinski definition) is 1. The maximum absolute atomic E-state index is 13.6. The molecule has 28 heavy (non-hydrogen) atoms. The standard InChI is InChI=1S/C24H34F3N/c25-22-13-20(14-23(26)24(22)27)19-7-5-16(6-8-19)15-1-3-17(4-2-15)18-9-11-21(28)12-10-18/h13-19,21H,1-12,28H2. The molecule has 3 saturated carbocycles. The van der Waals surface area contributed by atoms with Gasteiger partial charge in [-0.25, -0.2) is 13.2 Å². The third kappa shape index (κ3) is 4.42. The Balaban J connectivity index is 1.26. The minimum absolute atomic E-state index is 0.170. The first-order valence-electron chi connectivity index (χ1n) is 11.4. The van der Waals surface area contributed by atoms with E-state index in [0.717, 1.165) is 49.4 Å². The van der Waals surface area contributed by atoms with Gasteiger partial charge in [0.25, 0.3) is 0 Å². The lowest BCUT2D eigenvalue weighted by Crippen LogP contribution is -2.32. The molecule has 3 aliphatic rings. The molecule has 0 bridgehead atoms. The molecule has 0 radical (unpaired) electrons. The Kier molecular flexibility index (Phi) is 6.34. The second kappa shape index (κ2) is 8.77. The first-order valence-corrected chi connectivity index (χ1v) is 11.4. The molecule has 4 heteroatoms. The minimum atomic E-state index is -1.35. The van der Waals surface area contributed by atoms with E-state index in [1.165, 1.54) is 63.5 Å². The van der Waals surface area contributed by atoms with Crippen molar-refractivity contribution in [2.24, 2.45) is 29.4 Å². The van der Waals surface area contributed by atoms with Crippen molar-refractivity contribution >= 4 is 0 Å². The zero-order valence-electron chi connectivity index (χ0n) is 16.8. The predicted octanol–water partition coefficient (Wildman–Crippen LogP) is 6.70. The van der Waals surface area contributed by atoms with Crippen LogP contribution in [0, 0.1) is 41.1 Å². The summed E-state index contributed by atoms with van der Waals surface area (Å²) < 4.78 is 40.3. The van der Waals surface area contributed by atoms with Crippen LogP contribution in [-0.2, 0) is 0 Å². The van der Waals surface area contributed by atoms with Gasteiger partial charge in [-0.1, -0.05) is 0 Å². The number of rotatable bonds is 3. The third-order valence-electron chi connectivity index (χ3n) is 8.22. The quantitative estimate of drug-likeness (QED) is 0.568. The molecule has 156 valence electrons. The predicted molar refractivity (Wildman–Crippen MR) is 106 cm³/mol. The third-order valence-corrected chi connectivity index (χ3v) is 8.22. The van der Waals surface area contributed by atoms with Gasteiger partial charge in [-0.05, 0) is 124 Å². The number of hydrogen-bond donors (Lipinski definition) is 1. The van der Waals surface area contributed by atoms with Gasteiger partial charge in [-0.3, -0.25) is 0 Å². The molecule has 0 atom stereocenters. The zero-order valence-corrected chi connectivity index (χ0v) is 16.8. The summed E-state index contributed by atoms with van der Waals surface area (Å²) >= 11 is 0. The molecule has 1 aromatic rings. The van der Waals surface area contributed by atoms with Gasteiger partial charge in [0.05, 0.1) is 0 Å². The summed E-state index contributed by atoms with van der Waals surface area (Å²) in [5.41, 5.74) is 6.70. The van der Waals surface area contributed by atoms with Crippen LogP contribution in [0.4, 0.5) is 13.2 Å². The van der Waals surface area contributed by atoms with Crippen molar-refractivity contribution in [3.8, 4) is 0 Å². The fraction of sp³-hybridized carbons (Fsp3) is 0.750. The summed E-state index contributed by atoms with van der Waals surface area (Å²) in [7, 11) is 0. The number of benzene rings is 1. The van der Waals surface area contributed by atoms with Crippen molar-refractivity contribution in [1.29, 1.82) is 0 Å². The molecule has 0 aliphatic heterocycles. The summed E-state index contributed by atoms with van der Waals surface area (Å²) in [6.07, 6.45) is 14.7. The second-order valence-electron chi connectivity index (χ2n) is 9.76. The zero-order chi connectivity index (χ0) is 19.7. The topological polar surface area (TPSA) is 26.0 Å². The maximum Gasteiger partial charge on any atom is 0.194 e. The Morgan fingerprint density at radius 2 is 0.929 bits per heavy atom. The smallest absolute Gasteiger partial charge is 0.194 e. The van der Waals surface area contributed by atoms with Crippen LogP contribution in [0.1, 0.15) is 88.5 Å². The van der Waals surface area contributed by atoms with E-state index >= 15 is 0 Å². The highest BCUT2D eigenvalue weighted by atomic mass is 19.2. The van der Waals surface area contributed by atoms with E-state index in [0.29, 0.717) is 11.6 Å². The van der Waals surface area contributed by atoms with Gasteiger partial charge in [0.2, 0.25) is 0 Å². The van der Waals surface area contributed by atoms with E-state index in [2.05, 4.69) is 0 Å². The van der Waals surface area contributed by atoms with Gasteiger partial charge in [0, 0.05) is 6.04 Å². The minimum Gasteiger partial charge on any atom is -0.328 e. The molecule has 4 rings (SSSR count). The van der Waals surface area contributed by atoms with E-state index < -0.39 is 17.5 Å². The molecule has 3 fully saturated rings. The van der Waals surface area contributed by atoms with E-state index in [1.807, 2.05) is 0 Å². The van der Waals surface area contributed by atoms with Crippen molar-refractivity contribution in [3.05, 3.63) is 35.1 Å². The highest BCUT2D eigenvalue weighted by Gasteiger charge is 2.34. The number of halogens is 3. The van der Waals surface area contributed by atoms with Crippen molar-refractivity contribution < 1.29 is 13.2 Å². The molecule has 0 saturated heterocycles. The van der Waals surface area contributed by atoms with Crippen LogP contribution in [0.15, 0.2) is 12.1 Å². The van der Waals surface area contributed by atoms with E-state index in [9.17, 15) is 13.2 Å². The summed E-state index contributed by atoms with van der Waals surface area (Å²) in [6.45, 7) is 0. The Hall–Kier alpha value is -1.03. The molecule has 0 unspecified atom stereocenters. The van der Waals surface area contributed by atoms with Crippen molar-refractivity contribution in [2.45, 2.75) is 89.0 Å². The van der Waals surface area contributed by atoms with Crippen LogP contribution >= 0.6 is 0 Å². The molecule has 2 N–H and O–H groups in total. The van der Waals surface area contributed by atoms with Gasteiger partial charge in [-0.15, -0.1) is 0 Å². The Morgan fingerprint density at radius 1 is 0.571 bits per heavy atom. The van der Waals surface area contributed by atoms with Gasteiger partial charge in [0.15, 0.2) is 17.5 Å². The van der Waals surface area contributed by atoms with Gasteiger partial charge >= 0.3 is 0 Å². The Morgan fingerprint density at radius 3 is 1.36 bits per heavy atom. The molecular formula is C24H34F3N. The summed E-state index contributed by atoms with van der Waals surface area (Å²) in [4.78, 5) is 0. The highest BCUT2D eigenvalue weighted by Crippen LogP contribution is 2.46. The van der Waals surface area contributed by atoms with Crippen LogP contribution < -0.4 is 5.73 Å². The average molecular weight is 394 g/mol. The lowest BCUT2D eigenvalue weighted by Gasteiger charge is -2.41. The van der Waals surface area contributed by atoms with E-state index in [1.54, 1.807) is 0 Å². The maximum atomic E-state index is 13.6. The second-order valence-corrected chi connectivity index (χ2v) is 9.76. The molecule has 0 amide bonds.